The fourth-order valence-corrected chi connectivity index (χ4v) is 3.63. The molecule has 2 N–H and O–H groups in total. The van der Waals surface area contributed by atoms with Gasteiger partial charge in [0.2, 0.25) is 5.91 Å². The molecular weight excluding hydrogens is 352 g/mol. The number of carbonyl (C=O) groups excluding carboxylic acids is 1. The van der Waals surface area contributed by atoms with Crippen molar-refractivity contribution in [1.82, 2.24) is 14.8 Å². The van der Waals surface area contributed by atoms with Gasteiger partial charge in [-0.25, -0.2) is 0 Å². The zero-order valence-electron chi connectivity index (χ0n) is 15.8. The van der Waals surface area contributed by atoms with E-state index in [1.54, 1.807) is 12.1 Å². The van der Waals surface area contributed by atoms with E-state index in [1.807, 2.05) is 36.4 Å². The molecule has 1 aliphatic rings. The van der Waals surface area contributed by atoms with Crippen LogP contribution in [0.15, 0.2) is 48.5 Å². The van der Waals surface area contributed by atoms with Crippen LogP contribution in [0.3, 0.4) is 0 Å². The highest BCUT2D eigenvalue weighted by atomic mass is 16.3. The summed E-state index contributed by atoms with van der Waals surface area (Å²) in [6, 6.07) is 14.8. The summed E-state index contributed by atoms with van der Waals surface area (Å²) >= 11 is 0. The van der Waals surface area contributed by atoms with Crippen LogP contribution in [0.5, 0.6) is 5.75 Å². The topological polar surface area (TPSA) is 80.0 Å². The SMILES string of the molecule is O=C(CCc1ccccc1O)Nc1cccc(-c2nnc3n2CCCCC3)c1. The second kappa shape index (κ2) is 8.25. The summed E-state index contributed by atoms with van der Waals surface area (Å²) in [6.45, 7) is 0.939. The smallest absolute Gasteiger partial charge is 0.224 e. The molecule has 6 nitrogen and oxygen atoms in total. The summed E-state index contributed by atoms with van der Waals surface area (Å²) in [5.41, 5.74) is 2.47. The number of fused-ring (bicyclic) bond motifs is 1. The molecular formula is C22H24N4O2. The average molecular weight is 376 g/mol. The third-order valence-electron chi connectivity index (χ3n) is 5.13. The third-order valence-corrected chi connectivity index (χ3v) is 5.13. The molecule has 1 aliphatic heterocycles. The van der Waals surface area contributed by atoms with Crippen molar-refractivity contribution in [3.8, 4) is 17.1 Å². The van der Waals surface area contributed by atoms with Crippen molar-refractivity contribution in [2.24, 2.45) is 0 Å². The van der Waals surface area contributed by atoms with Gasteiger partial charge in [-0.05, 0) is 43.0 Å². The first kappa shape index (κ1) is 18.2. The molecule has 0 saturated heterocycles. The maximum atomic E-state index is 12.3. The van der Waals surface area contributed by atoms with Crippen molar-refractivity contribution in [2.45, 2.75) is 45.1 Å². The first-order valence-corrected chi connectivity index (χ1v) is 9.80. The van der Waals surface area contributed by atoms with Gasteiger partial charge in [-0.15, -0.1) is 10.2 Å². The number of nitrogens with zero attached hydrogens (tertiary/aromatic N) is 3. The molecule has 0 saturated carbocycles. The quantitative estimate of drug-likeness (QED) is 0.707. The van der Waals surface area contributed by atoms with E-state index in [0.29, 0.717) is 12.8 Å². The predicted molar refractivity (Wildman–Crippen MR) is 108 cm³/mol. The van der Waals surface area contributed by atoms with Crippen LogP contribution in [0.25, 0.3) is 11.4 Å². The highest BCUT2D eigenvalue weighted by molar-refractivity contribution is 5.91. The molecule has 4 rings (SSSR count). The van der Waals surface area contributed by atoms with Crippen molar-refractivity contribution in [1.29, 1.82) is 0 Å². The maximum Gasteiger partial charge on any atom is 0.224 e. The van der Waals surface area contributed by atoms with Crippen LogP contribution in [0.2, 0.25) is 0 Å². The molecule has 2 aromatic carbocycles. The molecule has 0 radical (unpaired) electrons. The van der Waals surface area contributed by atoms with Crippen molar-refractivity contribution < 1.29 is 9.90 Å². The Kier molecular flexibility index (Phi) is 5.37. The van der Waals surface area contributed by atoms with Crippen LogP contribution < -0.4 is 5.32 Å². The van der Waals surface area contributed by atoms with Crippen LogP contribution in [0.4, 0.5) is 5.69 Å². The van der Waals surface area contributed by atoms with Gasteiger partial charge in [0.1, 0.15) is 11.6 Å². The monoisotopic (exact) mass is 376 g/mol. The summed E-state index contributed by atoms with van der Waals surface area (Å²) in [6.07, 6.45) is 5.29. The number of aromatic nitrogens is 3. The number of benzene rings is 2. The molecule has 0 spiro atoms. The maximum absolute atomic E-state index is 12.3. The molecule has 0 fully saturated rings. The van der Waals surface area contributed by atoms with Crippen molar-refractivity contribution in [2.75, 3.05) is 5.32 Å². The van der Waals surface area contributed by atoms with Crippen LogP contribution in [0.1, 0.15) is 37.1 Å². The highest BCUT2D eigenvalue weighted by Crippen LogP contribution is 2.25. The Hall–Kier alpha value is -3.15. The Morgan fingerprint density at radius 3 is 2.86 bits per heavy atom. The number of phenols is 1. The molecule has 1 amide bonds. The zero-order chi connectivity index (χ0) is 19.3. The zero-order valence-corrected chi connectivity index (χ0v) is 15.8. The number of nitrogens with one attached hydrogen (secondary N) is 1. The van der Waals surface area contributed by atoms with Crippen LogP contribution in [-0.2, 0) is 24.2 Å². The van der Waals surface area contributed by atoms with Gasteiger partial charge in [0, 0.05) is 30.6 Å². The summed E-state index contributed by atoms with van der Waals surface area (Å²) in [4.78, 5) is 12.3. The van der Waals surface area contributed by atoms with Crippen molar-refractivity contribution in [3.05, 3.63) is 59.9 Å². The fraction of sp³-hybridized carbons (Fsp3) is 0.318. The van der Waals surface area contributed by atoms with Gasteiger partial charge < -0.3 is 15.0 Å². The van der Waals surface area contributed by atoms with Gasteiger partial charge in [0.25, 0.3) is 0 Å². The Morgan fingerprint density at radius 2 is 1.96 bits per heavy atom. The van der Waals surface area contributed by atoms with Crippen LogP contribution in [0, 0.1) is 0 Å². The highest BCUT2D eigenvalue weighted by Gasteiger charge is 2.16. The van der Waals surface area contributed by atoms with E-state index >= 15 is 0 Å². The summed E-state index contributed by atoms with van der Waals surface area (Å²) in [5, 5.41) is 21.5. The molecule has 0 bridgehead atoms. The Balaban J connectivity index is 1.45. The van der Waals surface area contributed by atoms with Crippen LogP contribution in [-0.4, -0.2) is 25.8 Å². The molecule has 0 unspecified atom stereocenters. The Bertz CT molecular complexity index is 980. The number of carbonyl (C=O) groups is 1. The lowest BCUT2D eigenvalue weighted by atomic mass is 10.1. The molecule has 6 heteroatoms. The van der Waals surface area contributed by atoms with Gasteiger partial charge in [0.05, 0.1) is 0 Å². The fourth-order valence-electron chi connectivity index (χ4n) is 3.63. The van der Waals surface area contributed by atoms with E-state index in [2.05, 4.69) is 20.1 Å². The minimum atomic E-state index is -0.0829. The molecule has 2 heterocycles. The molecule has 144 valence electrons. The number of aromatic hydroxyl groups is 1. The lowest BCUT2D eigenvalue weighted by Crippen LogP contribution is -2.12. The van der Waals surface area contributed by atoms with E-state index in [1.165, 1.54) is 6.42 Å². The number of para-hydroxylation sites is 1. The molecule has 1 aromatic heterocycles. The first-order chi connectivity index (χ1) is 13.7. The predicted octanol–water partition coefficient (Wildman–Crippen LogP) is 3.95. The van der Waals surface area contributed by atoms with Crippen molar-refractivity contribution >= 4 is 11.6 Å². The van der Waals surface area contributed by atoms with E-state index < -0.39 is 0 Å². The number of hydrogen-bond acceptors (Lipinski definition) is 4. The largest absolute Gasteiger partial charge is 0.508 e. The molecule has 28 heavy (non-hydrogen) atoms. The number of anilines is 1. The van der Waals surface area contributed by atoms with Gasteiger partial charge >= 0.3 is 0 Å². The number of hydrogen-bond donors (Lipinski definition) is 2. The van der Waals surface area contributed by atoms with Gasteiger partial charge in [0.15, 0.2) is 5.82 Å². The van der Waals surface area contributed by atoms with Gasteiger partial charge in [-0.1, -0.05) is 36.8 Å². The normalized spacial score (nSPS) is 13.6. The molecule has 0 aliphatic carbocycles. The third kappa shape index (κ3) is 4.06. The molecule has 3 aromatic rings. The standard InChI is InChI=1S/C22H24N4O2/c27-19-10-4-3-7-16(19)12-13-21(28)23-18-9-6-8-17(15-18)22-25-24-20-11-2-1-5-14-26(20)22/h3-4,6-10,15,27H,1-2,5,11-14H2,(H,23,28). The van der Waals surface area contributed by atoms with Crippen molar-refractivity contribution in [3.63, 3.8) is 0 Å². The second-order valence-corrected chi connectivity index (χ2v) is 7.16. The summed E-state index contributed by atoms with van der Waals surface area (Å²) < 4.78 is 2.20. The number of aryl methyl sites for hydroxylation is 2. The Morgan fingerprint density at radius 1 is 1.07 bits per heavy atom. The number of phenolic OH excluding ortho intramolecular Hbond substituents is 1. The lowest BCUT2D eigenvalue weighted by Gasteiger charge is -2.10. The van der Waals surface area contributed by atoms with E-state index in [0.717, 1.165) is 54.3 Å². The van der Waals surface area contributed by atoms with Gasteiger partial charge in [-0.3, -0.25) is 4.79 Å². The lowest BCUT2D eigenvalue weighted by molar-refractivity contribution is -0.116. The molecule has 0 atom stereocenters. The first-order valence-electron chi connectivity index (χ1n) is 9.80. The van der Waals surface area contributed by atoms with E-state index in [4.69, 9.17) is 0 Å². The van der Waals surface area contributed by atoms with E-state index in [-0.39, 0.29) is 11.7 Å². The van der Waals surface area contributed by atoms with E-state index in [9.17, 15) is 9.90 Å². The Labute approximate surface area is 164 Å². The van der Waals surface area contributed by atoms with Gasteiger partial charge in [-0.2, -0.15) is 0 Å². The van der Waals surface area contributed by atoms with Crippen LogP contribution >= 0.6 is 0 Å². The average Bonchev–Trinajstić information content (AvgIpc) is 2.96. The minimum absolute atomic E-state index is 0.0829. The summed E-state index contributed by atoms with van der Waals surface area (Å²) in [7, 11) is 0. The minimum Gasteiger partial charge on any atom is -0.508 e. The number of amides is 1. The summed E-state index contributed by atoms with van der Waals surface area (Å²) in [5.74, 6) is 2.05. The number of rotatable bonds is 5. The second-order valence-electron chi connectivity index (χ2n) is 7.16.